The van der Waals surface area contributed by atoms with Crippen LogP contribution >= 0.6 is 0 Å². The number of hydrogen-bond donors (Lipinski definition) is 1. The van der Waals surface area contributed by atoms with Crippen molar-refractivity contribution in [3.8, 4) is 11.4 Å². The summed E-state index contributed by atoms with van der Waals surface area (Å²) in [7, 11) is 0. The average Bonchev–Trinajstić information content (AvgIpc) is 3.08. The summed E-state index contributed by atoms with van der Waals surface area (Å²) in [5, 5.41) is 17.4. The Morgan fingerprint density at radius 2 is 2.06 bits per heavy atom. The molecular formula is C12H11N5O. The van der Waals surface area contributed by atoms with Gasteiger partial charge in [-0.3, -0.25) is 4.98 Å². The predicted molar refractivity (Wildman–Crippen MR) is 64.4 cm³/mol. The van der Waals surface area contributed by atoms with Gasteiger partial charge >= 0.3 is 0 Å². The average molecular weight is 241 g/mol. The Kier molecular flexibility index (Phi) is 2.62. The van der Waals surface area contributed by atoms with Gasteiger partial charge in [0.15, 0.2) is 0 Å². The summed E-state index contributed by atoms with van der Waals surface area (Å²) in [4.78, 5) is 4.04. The third kappa shape index (κ3) is 1.89. The number of hydrogen-bond acceptors (Lipinski definition) is 4. The third-order valence-electron chi connectivity index (χ3n) is 2.55. The summed E-state index contributed by atoms with van der Waals surface area (Å²) in [5.41, 5.74) is 2.35. The minimum atomic E-state index is -0.0657. The molecule has 90 valence electrons. The lowest BCUT2D eigenvalue weighted by molar-refractivity contribution is 0.276. The minimum Gasteiger partial charge on any atom is -0.390 e. The van der Waals surface area contributed by atoms with Crippen LogP contribution in [0.1, 0.15) is 5.69 Å². The molecule has 0 saturated heterocycles. The lowest BCUT2D eigenvalue weighted by atomic mass is 10.4. The van der Waals surface area contributed by atoms with Crippen LogP contribution in [-0.4, -0.2) is 29.7 Å². The highest BCUT2D eigenvalue weighted by Gasteiger charge is 2.04. The number of aliphatic hydroxyl groups is 1. The van der Waals surface area contributed by atoms with E-state index in [0.29, 0.717) is 5.69 Å². The number of aromatic nitrogens is 5. The van der Waals surface area contributed by atoms with Gasteiger partial charge in [-0.05, 0) is 18.2 Å². The molecule has 3 aromatic rings. The Labute approximate surface area is 103 Å². The standard InChI is InChI=1S/C12H11N5O/c18-9-10-3-5-16(15-10)12-7-14-17(8-12)11-2-1-4-13-6-11/h1-8,18H,9H2. The van der Waals surface area contributed by atoms with E-state index in [2.05, 4.69) is 15.2 Å². The maximum atomic E-state index is 8.98. The van der Waals surface area contributed by atoms with Crippen LogP contribution in [0.15, 0.2) is 49.2 Å². The van der Waals surface area contributed by atoms with Gasteiger partial charge in [0.25, 0.3) is 0 Å². The molecule has 0 aliphatic heterocycles. The zero-order chi connectivity index (χ0) is 12.4. The van der Waals surface area contributed by atoms with Gasteiger partial charge in [-0.1, -0.05) is 0 Å². The Morgan fingerprint density at radius 3 is 2.78 bits per heavy atom. The van der Waals surface area contributed by atoms with Crippen molar-refractivity contribution < 1.29 is 5.11 Å². The van der Waals surface area contributed by atoms with Crippen LogP contribution in [0.2, 0.25) is 0 Å². The van der Waals surface area contributed by atoms with Gasteiger partial charge in [-0.25, -0.2) is 9.36 Å². The molecule has 18 heavy (non-hydrogen) atoms. The summed E-state index contributed by atoms with van der Waals surface area (Å²) in [6.07, 6.45) is 8.80. The number of aliphatic hydroxyl groups excluding tert-OH is 1. The van der Waals surface area contributed by atoms with Crippen LogP contribution in [0.5, 0.6) is 0 Å². The van der Waals surface area contributed by atoms with Crippen LogP contribution in [0.4, 0.5) is 0 Å². The van der Waals surface area contributed by atoms with Crippen molar-refractivity contribution in [1.82, 2.24) is 24.5 Å². The third-order valence-corrected chi connectivity index (χ3v) is 2.55. The van der Waals surface area contributed by atoms with Gasteiger partial charge < -0.3 is 5.11 Å². The first-order chi connectivity index (χ1) is 8.86. The molecule has 6 nitrogen and oxygen atoms in total. The molecule has 3 aromatic heterocycles. The molecule has 0 unspecified atom stereocenters. The normalized spacial score (nSPS) is 10.7. The molecule has 0 atom stereocenters. The molecule has 0 aromatic carbocycles. The summed E-state index contributed by atoms with van der Waals surface area (Å²) < 4.78 is 3.40. The van der Waals surface area contributed by atoms with E-state index < -0.39 is 0 Å². The van der Waals surface area contributed by atoms with Crippen molar-refractivity contribution in [3.63, 3.8) is 0 Å². The molecule has 0 saturated carbocycles. The van der Waals surface area contributed by atoms with E-state index >= 15 is 0 Å². The quantitative estimate of drug-likeness (QED) is 0.741. The Bertz CT molecular complexity index is 643. The zero-order valence-electron chi connectivity index (χ0n) is 9.51. The van der Waals surface area contributed by atoms with E-state index in [9.17, 15) is 0 Å². The number of pyridine rings is 1. The van der Waals surface area contributed by atoms with Gasteiger partial charge in [0.1, 0.15) is 5.69 Å². The maximum Gasteiger partial charge on any atom is 0.103 e. The van der Waals surface area contributed by atoms with Crippen LogP contribution in [0.3, 0.4) is 0 Å². The first-order valence-electron chi connectivity index (χ1n) is 5.47. The van der Waals surface area contributed by atoms with E-state index in [1.165, 1.54) is 0 Å². The monoisotopic (exact) mass is 241 g/mol. The fourth-order valence-corrected chi connectivity index (χ4v) is 1.65. The largest absolute Gasteiger partial charge is 0.390 e. The van der Waals surface area contributed by atoms with Gasteiger partial charge in [-0.15, -0.1) is 0 Å². The topological polar surface area (TPSA) is 68.8 Å². The predicted octanol–water partition coefficient (Wildman–Crippen LogP) is 0.945. The van der Waals surface area contributed by atoms with Crippen LogP contribution in [-0.2, 0) is 6.61 Å². The molecule has 3 rings (SSSR count). The van der Waals surface area contributed by atoms with Crippen LogP contribution in [0, 0.1) is 0 Å². The first kappa shape index (κ1) is 10.7. The van der Waals surface area contributed by atoms with Gasteiger partial charge in [0.05, 0.1) is 36.6 Å². The highest BCUT2D eigenvalue weighted by Crippen LogP contribution is 2.10. The fraction of sp³-hybridized carbons (Fsp3) is 0.0833. The number of nitrogens with zero attached hydrogens (tertiary/aromatic N) is 5. The van der Waals surface area contributed by atoms with Crippen LogP contribution in [0.25, 0.3) is 11.4 Å². The second-order valence-electron chi connectivity index (χ2n) is 3.76. The Balaban J connectivity index is 1.94. The maximum absolute atomic E-state index is 8.98. The van der Waals surface area contributed by atoms with Gasteiger partial charge in [0, 0.05) is 12.4 Å². The van der Waals surface area contributed by atoms with Gasteiger partial charge in [0.2, 0.25) is 0 Å². The molecule has 0 radical (unpaired) electrons. The van der Waals surface area contributed by atoms with E-state index in [1.54, 1.807) is 40.2 Å². The highest BCUT2D eigenvalue weighted by molar-refractivity contribution is 5.32. The Hall–Kier alpha value is -2.47. The van der Waals surface area contributed by atoms with Crippen molar-refractivity contribution in [1.29, 1.82) is 0 Å². The van der Waals surface area contributed by atoms with E-state index in [-0.39, 0.29) is 6.61 Å². The minimum absolute atomic E-state index is 0.0657. The molecule has 0 amide bonds. The molecule has 1 N–H and O–H groups in total. The van der Waals surface area contributed by atoms with Crippen LogP contribution < -0.4 is 0 Å². The van der Waals surface area contributed by atoms with E-state index in [0.717, 1.165) is 11.4 Å². The molecule has 0 aliphatic carbocycles. The van der Waals surface area contributed by atoms with Crippen molar-refractivity contribution in [2.24, 2.45) is 0 Å². The lowest BCUT2D eigenvalue weighted by Crippen LogP contribution is -1.96. The van der Waals surface area contributed by atoms with Crippen molar-refractivity contribution >= 4 is 0 Å². The first-order valence-corrected chi connectivity index (χ1v) is 5.47. The summed E-state index contributed by atoms with van der Waals surface area (Å²) in [5.74, 6) is 0. The summed E-state index contributed by atoms with van der Waals surface area (Å²) in [6.45, 7) is -0.0657. The van der Waals surface area contributed by atoms with Gasteiger partial charge in [-0.2, -0.15) is 10.2 Å². The highest BCUT2D eigenvalue weighted by atomic mass is 16.3. The van der Waals surface area contributed by atoms with Crippen molar-refractivity contribution in [2.45, 2.75) is 6.61 Å². The Morgan fingerprint density at radius 1 is 1.11 bits per heavy atom. The molecule has 0 spiro atoms. The zero-order valence-corrected chi connectivity index (χ0v) is 9.51. The fourth-order valence-electron chi connectivity index (χ4n) is 1.65. The molecule has 0 bridgehead atoms. The van der Waals surface area contributed by atoms with Crippen molar-refractivity contribution in [2.75, 3.05) is 0 Å². The van der Waals surface area contributed by atoms with E-state index in [4.69, 9.17) is 5.11 Å². The summed E-state index contributed by atoms with van der Waals surface area (Å²) in [6, 6.07) is 5.54. The molecule has 3 heterocycles. The smallest absolute Gasteiger partial charge is 0.103 e. The lowest BCUT2D eigenvalue weighted by Gasteiger charge is -1.98. The second kappa shape index (κ2) is 4.42. The molecule has 0 aliphatic rings. The number of rotatable bonds is 3. The second-order valence-corrected chi connectivity index (χ2v) is 3.76. The molecule has 6 heteroatoms. The molecule has 0 fully saturated rings. The summed E-state index contributed by atoms with van der Waals surface area (Å²) >= 11 is 0. The van der Waals surface area contributed by atoms with E-state index in [1.807, 2.05) is 18.3 Å². The SMILES string of the molecule is OCc1ccn(-c2cnn(-c3cccnc3)c2)n1. The van der Waals surface area contributed by atoms with Crippen molar-refractivity contribution in [3.05, 3.63) is 54.9 Å². The molecular weight excluding hydrogens is 230 g/mol.